The van der Waals surface area contributed by atoms with Gasteiger partial charge in [0.05, 0.1) is 6.42 Å². The van der Waals surface area contributed by atoms with Crippen molar-refractivity contribution < 1.29 is 14.0 Å². The van der Waals surface area contributed by atoms with Crippen LogP contribution in [0.1, 0.15) is 44.6 Å². The summed E-state index contributed by atoms with van der Waals surface area (Å²) in [5.74, 6) is -0.188. The number of hydrogen-bond donors (Lipinski definition) is 1. The van der Waals surface area contributed by atoms with Gasteiger partial charge in [-0.3, -0.25) is 9.59 Å². The summed E-state index contributed by atoms with van der Waals surface area (Å²) in [6, 6.07) is 6.33. The number of likely N-dealkylation sites (tertiary alicyclic amines) is 1. The van der Waals surface area contributed by atoms with Crippen LogP contribution in [0.3, 0.4) is 0 Å². The molecule has 2 rings (SSSR count). The van der Waals surface area contributed by atoms with E-state index in [2.05, 4.69) is 12.2 Å². The van der Waals surface area contributed by atoms with Gasteiger partial charge in [0, 0.05) is 25.6 Å². The summed E-state index contributed by atoms with van der Waals surface area (Å²) >= 11 is 0. The molecule has 0 bridgehead atoms. The molecule has 23 heavy (non-hydrogen) atoms. The zero-order chi connectivity index (χ0) is 16.7. The maximum absolute atomic E-state index is 13.2. The van der Waals surface area contributed by atoms with Crippen molar-refractivity contribution in [3.8, 4) is 0 Å². The molecule has 1 fully saturated rings. The maximum Gasteiger partial charge on any atom is 0.226 e. The summed E-state index contributed by atoms with van der Waals surface area (Å²) in [6.45, 7) is 3.36. The minimum atomic E-state index is -0.316. The standard InChI is InChI=1S/C18H25FN2O2/c1-2-3-7-17(22)20-16-8-10-21(11-9-16)18(23)13-14-5-4-6-15(19)12-14/h4-6,12,16H,2-3,7-11,13H2,1H3,(H,20,22). The van der Waals surface area contributed by atoms with Crippen LogP contribution in [0.25, 0.3) is 0 Å². The Morgan fingerprint density at radius 3 is 2.70 bits per heavy atom. The predicted molar refractivity (Wildman–Crippen MR) is 87.4 cm³/mol. The number of benzene rings is 1. The van der Waals surface area contributed by atoms with Crippen molar-refractivity contribution in [1.82, 2.24) is 10.2 Å². The highest BCUT2D eigenvalue weighted by atomic mass is 19.1. The third-order valence-electron chi connectivity index (χ3n) is 4.21. The number of amides is 2. The molecule has 0 unspecified atom stereocenters. The van der Waals surface area contributed by atoms with E-state index in [1.54, 1.807) is 17.0 Å². The summed E-state index contributed by atoms with van der Waals surface area (Å²) in [6.07, 6.45) is 4.30. The Hall–Kier alpha value is -1.91. The quantitative estimate of drug-likeness (QED) is 0.876. The van der Waals surface area contributed by atoms with Crippen LogP contribution < -0.4 is 5.32 Å². The lowest BCUT2D eigenvalue weighted by Gasteiger charge is -2.32. The Morgan fingerprint density at radius 1 is 1.30 bits per heavy atom. The van der Waals surface area contributed by atoms with Crippen molar-refractivity contribution in [2.45, 2.75) is 51.5 Å². The number of nitrogens with one attached hydrogen (secondary N) is 1. The predicted octanol–water partition coefficient (Wildman–Crippen LogP) is 2.67. The molecule has 0 aromatic heterocycles. The van der Waals surface area contributed by atoms with Gasteiger partial charge in [-0.2, -0.15) is 0 Å². The summed E-state index contributed by atoms with van der Waals surface area (Å²) in [4.78, 5) is 25.8. The van der Waals surface area contributed by atoms with E-state index < -0.39 is 0 Å². The molecule has 2 amide bonds. The lowest BCUT2D eigenvalue weighted by molar-refractivity contribution is -0.131. The summed E-state index contributed by atoms with van der Waals surface area (Å²) < 4.78 is 13.2. The molecule has 1 aliphatic rings. The van der Waals surface area contributed by atoms with Gasteiger partial charge in [0.15, 0.2) is 0 Å². The van der Waals surface area contributed by atoms with Crippen LogP contribution in [0.15, 0.2) is 24.3 Å². The first kappa shape index (κ1) is 17.4. The van der Waals surface area contributed by atoms with Crippen molar-refractivity contribution in [2.24, 2.45) is 0 Å². The molecule has 0 spiro atoms. The van der Waals surface area contributed by atoms with Crippen molar-refractivity contribution in [2.75, 3.05) is 13.1 Å². The number of piperidine rings is 1. The molecular weight excluding hydrogens is 295 g/mol. The normalized spacial score (nSPS) is 15.5. The van der Waals surface area contributed by atoms with Crippen molar-refractivity contribution in [3.63, 3.8) is 0 Å². The second kappa shape index (κ2) is 8.65. The van der Waals surface area contributed by atoms with Gasteiger partial charge in [0.1, 0.15) is 5.82 Å². The zero-order valence-corrected chi connectivity index (χ0v) is 13.7. The topological polar surface area (TPSA) is 49.4 Å². The lowest BCUT2D eigenvalue weighted by atomic mass is 10.0. The molecule has 4 nitrogen and oxygen atoms in total. The molecule has 1 aliphatic heterocycles. The van der Waals surface area contributed by atoms with Gasteiger partial charge in [0.2, 0.25) is 11.8 Å². The molecule has 0 aliphatic carbocycles. The second-order valence-corrected chi connectivity index (χ2v) is 6.13. The van der Waals surface area contributed by atoms with Gasteiger partial charge in [-0.15, -0.1) is 0 Å². The Labute approximate surface area is 137 Å². The average molecular weight is 320 g/mol. The van der Waals surface area contributed by atoms with E-state index in [1.807, 2.05) is 0 Å². The zero-order valence-electron chi connectivity index (χ0n) is 13.7. The van der Waals surface area contributed by atoms with E-state index >= 15 is 0 Å². The van der Waals surface area contributed by atoms with E-state index in [4.69, 9.17) is 0 Å². The molecule has 0 radical (unpaired) electrons. The lowest BCUT2D eigenvalue weighted by Crippen LogP contribution is -2.46. The van der Waals surface area contributed by atoms with Gasteiger partial charge < -0.3 is 10.2 Å². The van der Waals surface area contributed by atoms with Crippen LogP contribution in [0.2, 0.25) is 0 Å². The molecule has 0 atom stereocenters. The fourth-order valence-corrected chi connectivity index (χ4v) is 2.84. The van der Waals surface area contributed by atoms with Crippen LogP contribution in [-0.4, -0.2) is 35.8 Å². The minimum Gasteiger partial charge on any atom is -0.353 e. The van der Waals surface area contributed by atoms with Crippen LogP contribution >= 0.6 is 0 Å². The van der Waals surface area contributed by atoms with Crippen LogP contribution in [0, 0.1) is 5.82 Å². The first-order valence-corrected chi connectivity index (χ1v) is 8.40. The summed E-state index contributed by atoms with van der Waals surface area (Å²) in [7, 11) is 0. The van der Waals surface area contributed by atoms with E-state index in [1.165, 1.54) is 12.1 Å². The SMILES string of the molecule is CCCCC(=O)NC1CCN(C(=O)Cc2cccc(F)c2)CC1. The third-order valence-corrected chi connectivity index (χ3v) is 4.21. The summed E-state index contributed by atoms with van der Waals surface area (Å²) in [5.41, 5.74) is 0.699. The maximum atomic E-state index is 13.2. The molecule has 0 saturated carbocycles. The Balaban J connectivity index is 1.75. The van der Waals surface area contributed by atoms with Crippen molar-refractivity contribution >= 4 is 11.8 Å². The number of carbonyl (C=O) groups excluding carboxylic acids is 2. The monoisotopic (exact) mass is 320 g/mol. The molecule has 1 N–H and O–H groups in total. The van der Waals surface area contributed by atoms with Gasteiger partial charge in [-0.1, -0.05) is 25.5 Å². The number of carbonyl (C=O) groups is 2. The molecule has 126 valence electrons. The van der Waals surface area contributed by atoms with Gasteiger partial charge in [-0.05, 0) is 37.0 Å². The smallest absolute Gasteiger partial charge is 0.226 e. The Bertz CT molecular complexity index is 540. The van der Waals surface area contributed by atoms with Crippen molar-refractivity contribution in [1.29, 1.82) is 0 Å². The highest BCUT2D eigenvalue weighted by Gasteiger charge is 2.23. The fraction of sp³-hybridized carbons (Fsp3) is 0.556. The van der Waals surface area contributed by atoms with Gasteiger partial charge >= 0.3 is 0 Å². The van der Waals surface area contributed by atoms with Crippen molar-refractivity contribution in [3.05, 3.63) is 35.6 Å². The van der Waals surface area contributed by atoms with Crippen LogP contribution in [0.5, 0.6) is 0 Å². The van der Waals surface area contributed by atoms with Crippen LogP contribution in [0.4, 0.5) is 4.39 Å². The first-order chi connectivity index (χ1) is 11.1. The number of hydrogen-bond acceptors (Lipinski definition) is 2. The fourth-order valence-electron chi connectivity index (χ4n) is 2.84. The summed E-state index contributed by atoms with van der Waals surface area (Å²) in [5, 5.41) is 3.04. The first-order valence-electron chi connectivity index (χ1n) is 8.40. The highest BCUT2D eigenvalue weighted by Crippen LogP contribution is 2.13. The molecule has 5 heteroatoms. The van der Waals surface area contributed by atoms with Gasteiger partial charge in [-0.25, -0.2) is 4.39 Å². The number of unbranched alkanes of at least 4 members (excludes halogenated alkanes) is 1. The second-order valence-electron chi connectivity index (χ2n) is 6.13. The molecule has 1 aromatic carbocycles. The van der Waals surface area contributed by atoms with E-state index in [0.29, 0.717) is 25.1 Å². The number of halogens is 1. The molecular formula is C18H25FN2O2. The largest absolute Gasteiger partial charge is 0.353 e. The molecule has 1 heterocycles. The number of rotatable bonds is 6. The van der Waals surface area contributed by atoms with Gasteiger partial charge in [0.25, 0.3) is 0 Å². The average Bonchev–Trinajstić information content (AvgIpc) is 2.53. The number of nitrogens with zero attached hydrogens (tertiary/aromatic N) is 1. The van der Waals surface area contributed by atoms with E-state index in [-0.39, 0.29) is 30.1 Å². The highest BCUT2D eigenvalue weighted by molar-refractivity contribution is 5.79. The Morgan fingerprint density at radius 2 is 2.04 bits per heavy atom. The van der Waals surface area contributed by atoms with E-state index in [0.717, 1.165) is 25.7 Å². The molecule has 1 aromatic rings. The Kier molecular flexibility index (Phi) is 6.56. The minimum absolute atomic E-state index is 0.0198. The third kappa shape index (κ3) is 5.66. The van der Waals surface area contributed by atoms with E-state index in [9.17, 15) is 14.0 Å². The van der Waals surface area contributed by atoms with Crippen LogP contribution in [-0.2, 0) is 16.0 Å². The molecule has 1 saturated heterocycles.